The monoisotopic (exact) mass is 510 g/mol. The normalized spacial score (nSPS) is 22.9. The van der Waals surface area contributed by atoms with Crippen molar-refractivity contribution in [2.24, 2.45) is 11.8 Å². The summed E-state index contributed by atoms with van der Waals surface area (Å²) >= 11 is 0. The van der Waals surface area contributed by atoms with Crippen LogP contribution in [0.5, 0.6) is 0 Å². The number of halogens is 3. The molecule has 11 nitrogen and oxygen atoms in total. The Morgan fingerprint density at radius 2 is 1.77 bits per heavy atom. The lowest BCUT2D eigenvalue weighted by Gasteiger charge is -2.26. The SMILES string of the molecule is CC(C)C[C@H](NC(=O)C(=O)NC1(CO)CC1)C(=O)N[C@@H](C[C@@H]1CCNC1O)C(=O)COC(F)(F)F. The molecular weight excluding hydrogens is 477 g/mol. The molecule has 0 aromatic heterocycles. The van der Waals surface area contributed by atoms with E-state index in [1.54, 1.807) is 13.8 Å². The molecule has 6 N–H and O–H groups in total. The highest BCUT2D eigenvalue weighted by atomic mass is 19.4. The highest BCUT2D eigenvalue weighted by molar-refractivity contribution is 6.35. The van der Waals surface area contributed by atoms with Crippen LogP contribution in [0.4, 0.5) is 13.2 Å². The van der Waals surface area contributed by atoms with Gasteiger partial charge in [-0.3, -0.25) is 29.2 Å². The van der Waals surface area contributed by atoms with E-state index >= 15 is 0 Å². The lowest BCUT2D eigenvalue weighted by atomic mass is 9.94. The zero-order valence-electron chi connectivity index (χ0n) is 19.6. The van der Waals surface area contributed by atoms with Gasteiger partial charge in [0.2, 0.25) is 5.91 Å². The molecule has 1 saturated carbocycles. The van der Waals surface area contributed by atoms with Gasteiger partial charge >= 0.3 is 18.2 Å². The van der Waals surface area contributed by atoms with Crippen LogP contribution in [0.25, 0.3) is 0 Å². The number of carbonyl (C=O) groups is 4. The Balaban J connectivity index is 2.09. The van der Waals surface area contributed by atoms with Gasteiger partial charge in [0.25, 0.3) is 0 Å². The number of ketones is 1. The van der Waals surface area contributed by atoms with Crippen LogP contribution >= 0.6 is 0 Å². The third kappa shape index (κ3) is 9.35. The average molecular weight is 511 g/mol. The van der Waals surface area contributed by atoms with Crippen LogP contribution < -0.4 is 21.3 Å². The average Bonchev–Trinajstić information content (AvgIpc) is 3.42. The molecule has 2 aliphatic rings. The molecule has 1 aliphatic heterocycles. The molecule has 1 aliphatic carbocycles. The number of hydrogen-bond acceptors (Lipinski definition) is 8. The van der Waals surface area contributed by atoms with Crippen molar-refractivity contribution in [2.75, 3.05) is 19.8 Å². The summed E-state index contributed by atoms with van der Waals surface area (Å²) in [7, 11) is 0. The van der Waals surface area contributed by atoms with E-state index in [0.29, 0.717) is 25.8 Å². The van der Waals surface area contributed by atoms with Gasteiger partial charge in [0.1, 0.15) is 18.9 Å². The molecule has 4 atom stereocenters. The number of amides is 3. The molecular formula is C21H33F3N4O7. The first-order valence-corrected chi connectivity index (χ1v) is 11.4. The minimum absolute atomic E-state index is 0.0730. The summed E-state index contributed by atoms with van der Waals surface area (Å²) < 4.78 is 40.9. The molecule has 0 bridgehead atoms. The molecule has 1 unspecified atom stereocenters. The van der Waals surface area contributed by atoms with Gasteiger partial charge in [0.15, 0.2) is 5.78 Å². The van der Waals surface area contributed by atoms with E-state index in [1.165, 1.54) is 0 Å². The van der Waals surface area contributed by atoms with Crippen LogP contribution in [-0.2, 0) is 23.9 Å². The summed E-state index contributed by atoms with van der Waals surface area (Å²) in [6.07, 6.45) is -4.69. The van der Waals surface area contributed by atoms with Crippen LogP contribution in [0, 0.1) is 11.8 Å². The van der Waals surface area contributed by atoms with E-state index in [9.17, 15) is 42.6 Å². The van der Waals surface area contributed by atoms with E-state index in [2.05, 4.69) is 26.0 Å². The van der Waals surface area contributed by atoms with Crippen molar-refractivity contribution < 1.29 is 47.3 Å². The third-order valence-corrected chi connectivity index (χ3v) is 6.01. The van der Waals surface area contributed by atoms with Crippen molar-refractivity contribution in [3.8, 4) is 0 Å². The lowest BCUT2D eigenvalue weighted by Crippen LogP contribution is -2.56. The number of aliphatic hydroxyl groups excluding tert-OH is 2. The molecule has 1 heterocycles. The number of carbonyl (C=O) groups excluding carboxylic acids is 4. The second-order valence-electron chi connectivity index (χ2n) is 9.49. The van der Waals surface area contributed by atoms with Crippen molar-refractivity contribution in [2.45, 2.75) is 76.2 Å². The highest BCUT2D eigenvalue weighted by Crippen LogP contribution is 2.34. The van der Waals surface area contributed by atoms with Gasteiger partial charge in [-0.2, -0.15) is 0 Å². The molecule has 0 aromatic carbocycles. The molecule has 14 heteroatoms. The third-order valence-electron chi connectivity index (χ3n) is 6.01. The fraction of sp³-hybridized carbons (Fsp3) is 0.810. The van der Waals surface area contributed by atoms with Gasteiger partial charge in [0.05, 0.1) is 18.2 Å². The van der Waals surface area contributed by atoms with Crippen molar-refractivity contribution in [3.05, 3.63) is 0 Å². The van der Waals surface area contributed by atoms with Crippen molar-refractivity contribution >= 4 is 23.5 Å². The quantitative estimate of drug-likeness (QED) is 0.183. The van der Waals surface area contributed by atoms with Gasteiger partial charge in [-0.15, -0.1) is 13.2 Å². The maximum absolute atomic E-state index is 13.0. The van der Waals surface area contributed by atoms with Gasteiger partial charge in [-0.05, 0) is 44.6 Å². The largest absolute Gasteiger partial charge is 0.522 e. The molecule has 2 fully saturated rings. The summed E-state index contributed by atoms with van der Waals surface area (Å²) in [6, 6.07) is -2.68. The topological polar surface area (TPSA) is 166 Å². The van der Waals surface area contributed by atoms with Gasteiger partial charge in [-0.1, -0.05) is 13.8 Å². The van der Waals surface area contributed by atoms with Crippen molar-refractivity contribution in [3.63, 3.8) is 0 Å². The summed E-state index contributed by atoms with van der Waals surface area (Å²) in [5, 5.41) is 29.1. The van der Waals surface area contributed by atoms with E-state index in [0.717, 1.165) is 0 Å². The molecule has 0 radical (unpaired) electrons. The Kier molecular flexibility index (Phi) is 10.0. The maximum atomic E-state index is 13.0. The number of ether oxygens (including phenoxy) is 1. The summed E-state index contributed by atoms with van der Waals surface area (Å²) in [5.41, 5.74) is -0.851. The van der Waals surface area contributed by atoms with Gasteiger partial charge < -0.3 is 26.2 Å². The molecule has 3 amide bonds. The molecule has 1 saturated heterocycles. The number of alkyl halides is 3. The number of aliphatic hydroxyl groups is 2. The standard InChI is InChI=1S/C21H33F3N4O7/c1-11(2)7-14(27-18(33)19(34)28-20(10-29)4-5-20)17(32)26-13(8-12-3-6-25-16(12)31)15(30)9-35-21(22,23)24/h11-14,16,25,29,31H,3-10H2,1-2H3,(H,26,32)(H,27,33)(H,28,34)/t12-,13-,14-,16?/m0/s1. The first-order valence-electron chi connectivity index (χ1n) is 11.4. The molecule has 2 rings (SSSR count). The van der Waals surface area contributed by atoms with Crippen LogP contribution in [0.15, 0.2) is 0 Å². The molecule has 200 valence electrons. The number of hydrogen-bond donors (Lipinski definition) is 6. The Morgan fingerprint density at radius 3 is 2.26 bits per heavy atom. The Hall–Kier alpha value is -2.29. The minimum atomic E-state index is -5.05. The predicted molar refractivity (Wildman–Crippen MR) is 114 cm³/mol. The fourth-order valence-electron chi connectivity index (χ4n) is 3.79. The van der Waals surface area contributed by atoms with E-state index in [4.69, 9.17) is 0 Å². The minimum Gasteiger partial charge on any atom is -0.394 e. The second kappa shape index (κ2) is 12.1. The zero-order valence-corrected chi connectivity index (χ0v) is 19.6. The Morgan fingerprint density at radius 1 is 1.11 bits per heavy atom. The van der Waals surface area contributed by atoms with Crippen molar-refractivity contribution in [1.29, 1.82) is 0 Å². The fourth-order valence-corrected chi connectivity index (χ4v) is 3.79. The Bertz CT molecular complexity index is 789. The predicted octanol–water partition coefficient (Wildman–Crippen LogP) is -0.933. The van der Waals surface area contributed by atoms with Crippen molar-refractivity contribution in [1.82, 2.24) is 21.3 Å². The molecule has 35 heavy (non-hydrogen) atoms. The number of Topliss-reactive ketones (excluding diaryl/α,β-unsaturated/α-hetero) is 1. The smallest absolute Gasteiger partial charge is 0.394 e. The van der Waals surface area contributed by atoms with E-state index in [1.807, 2.05) is 0 Å². The molecule has 0 aromatic rings. The van der Waals surface area contributed by atoms with Gasteiger partial charge in [-0.25, -0.2) is 0 Å². The van der Waals surface area contributed by atoms with Gasteiger partial charge in [0, 0.05) is 5.92 Å². The first kappa shape index (κ1) is 28.9. The first-order chi connectivity index (χ1) is 16.2. The molecule has 0 spiro atoms. The zero-order chi connectivity index (χ0) is 26.4. The Labute approximate surface area is 200 Å². The second-order valence-corrected chi connectivity index (χ2v) is 9.49. The van der Waals surface area contributed by atoms with Crippen LogP contribution in [-0.4, -0.2) is 83.7 Å². The highest BCUT2D eigenvalue weighted by Gasteiger charge is 2.45. The van der Waals surface area contributed by atoms with E-state index < -0.39 is 66.2 Å². The lowest BCUT2D eigenvalue weighted by molar-refractivity contribution is -0.321. The van der Waals surface area contributed by atoms with E-state index in [-0.39, 0.29) is 25.4 Å². The number of rotatable bonds is 12. The maximum Gasteiger partial charge on any atom is 0.522 e. The summed E-state index contributed by atoms with van der Waals surface area (Å²) in [6.45, 7) is 2.25. The van der Waals surface area contributed by atoms with Crippen LogP contribution in [0.2, 0.25) is 0 Å². The summed E-state index contributed by atoms with van der Waals surface area (Å²) in [4.78, 5) is 50.0. The summed E-state index contributed by atoms with van der Waals surface area (Å²) in [5.74, 6) is -4.72. The number of nitrogens with one attached hydrogen (secondary N) is 4. The van der Waals surface area contributed by atoms with Crippen LogP contribution in [0.3, 0.4) is 0 Å². The van der Waals surface area contributed by atoms with Crippen LogP contribution in [0.1, 0.15) is 46.0 Å².